The van der Waals surface area contributed by atoms with Crippen LogP contribution in [0.1, 0.15) is 47.0 Å². The minimum atomic E-state index is -0.306. The van der Waals surface area contributed by atoms with Crippen molar-refractivity contribution < 1.29 is 9.58 Å². The van der Waals surface area contributed by atoms with Crippen LogP contribution in [0.3, 0.4) is 0 Å². The van der Waals surface area contributed by atoms with Gasteiger partial charge in [-0.3, -0.25) is 4.79 Å². The Hall–Kier alpha value is -0.950. The standard InChI is InChI=1S/C15H24N2O/c1-9(2)12-6-13-10(3)5-11(12)7-15(13,4)14(18)8-17-16/h8-13H,5-7H2,1-4H3/t10-,11+,12-,13-,15-/m1/s1. The number of hydrogen-bond acceptors (Lipinski definition) is 1. The monoisotopic (exact) mass is 248 g/mol. The molecule has 3 fully saturated rings. The molecule has 3 aliphatic rings. The van der Waals surface area contributed by atoms with Gasteiger partial charge in [-0.05, 0) is 48.9 Å². The third kappa shape index (κ3) is 1.95. The lowest BCUT2D eigenvalue weighted by Crippen LogP contribution is -2.53. The SMILES string of the molecule is CC(C)[C@H]1C[C@@H]2[C@H](C)C[C@H]1C[C@@]2(C)C(=O)C=[N+]=[N-]. The molecule has 0 unspecified atom stereocenters. The molecular weight excluding hydrogens is 224 g/mol. The molecule has 0 aromatic heterocycles. The number of nitrogens with zero attached hydrogens (tertiary/aromatic N) is 2. The average Bonchev–Trinajstić information content (AvgIpc) is 2.28. The molecule has 100 valence electrons. The van der Waals surface area contributed by atoms with E-state index >= 15 is 0 Å². The molecular formula is C15H24N2O. The Balaban J connectivity index is 2.28. The number of Topliss-reactive ketones (excluding diaryl/α,β-unsaturated/α-hetero) is 1. The van der Waals surface area contributed by atoms with Crippen molar-refractivity contribution in [3.63, 3.8) is 0 Å². The normalized spacial score (nSPS) is 42.7. The average molecular weight is 248 g/mol. The Labute approximate surface area is 110 Å². The molecule has 0 amide bonds. The number of carbonyl (C=O) groups is 1. The van der Waals surface area contributed by atoms with Crippen molar-refractivity contribution >= 4 is 12.0 Å². The highest BCUT2D eigenvalue weighted by Crippen LogP contribution is 2.58. The van der Waals surface area contributed by atoms with Crippen LogP contribution in [-0.2, 0) is 4.79 Å². The molecule has 0 aromatic rings. The Morgan fingerprint density at radius 1 is 1.44 bits per heavy atom. The first-order valence-corrected chi connectivity index (χ1v) is 7.12. The second-order valence-corrected chi connectivity index (χ2v) is 6.95. The van der Waals surface area contributed by atoms with E-state index in [2.05, 4.69) is 32.5 Å². The molecule has 0 aromatic carbocycles. The Kier molecular flexibility index (Phi) is 3.46. The molecule has 0 aliphatic heterocycles. The minimum absolute atomic E-state index is 0.00811. The van der Waals surface area contributed by atoms with E-state index in [4.69, 9.17) is 5.53 Å². The Morgan fingerprint density at radius 3 is 2.61 bits per heavy atom. The van der Waals surface area contributed by atoms with Gasteiger partial charge in [0.15, 0.2) is 0 Å². The van der Waals surface area contributed by atoms with E-state index in [0.29, 0.717) is 23.7 Å². The molecule has 3 heteroatoms. The maximum atomic E-state index is 12.2. The number of hydrogen-bond donors (Lipinski definition) is 0. The fourth-order valence-corrected chi connectivity index (χ4v) is 4.65. The third-order valence-corrected chi connectivity index (χ3v) is 5.59. The van der Waals surface area contributed by atoms with Gasteiger partial charge in [0.05, 0.1) is 0 Å². The first kappa shape index (κ1) is 13.5. The summed E-state index contributed by atoms with van der Waals surface area (Å²) in [4.78, 5) is 15.2. The fraction of sp³-hybridized carbons (Fsp3) is 0.867. The van der Waals surface area contributed by atoms with E-state index in [-0.39, 0.29) is 11.2 Å². The van der Waals surface area contributed by atoms with E-state index in [9.17, 15) is 4.79 Å². The number of ketones is 1. The molecule has 0 N–H and O–H groups in total. The summed E-state index contributed by atoms with van der Waals surface area (Å²) in [6, 6.07) is 0. The van der Waals surface area contributed by atoms with Gasteiger partial charge in [0, 0.05) is 5.41 Å². The molecule has 3 rings (SSSR count). The molecule has 0 radical (unpaired) electrons. The topological polar surface area (TPSA) is 53.5 Å². The second-order valence-electron chi connectivity index (χ2n) is 6.95. The quantitative estimate of drug-likeness (QED) is 0.430. The van der Waals surface area contributed by atoms with Crippen LogP contribution in [0.4, 0.5) is 0 Å². The molecule has 2 bridgehead atoms. The van der Waals surface area contributed by atoms with Gasteiger partial charge in [-0.25, -0.2) is 0 Å². The van der Waals surface area contributed by atoms with Crippen molar-refractivity contribution in [3.05, 3.63) is 5.53 Å². The largest absolute Gasteiger partial charge is 0.361 e. The highest BCUT2D eigenvalue weighted by atomic mass is 16.1. The lowest BCUT2D eigenvalue weighted by Gasteiger charge is -2.56. The highest BCUT2D eigenvalue weighted by Gasteiger charge is 2.55. The van der Waals surface area contributed by atoms with Crippen molar-refractivity contribution in [3.8, 4) is 0 Å². The van der Waals surface area contributed by atoms with Crippen molar-refractivity contribution in [2.45, 2.75) is 47.0 Å². The summed E-state index contributed by atoms with van der Waals surface area (Å²) < 4.78 is 0. The van der Waals surface area contributed by atoms with Gasteiger partial charge in [0.2, 0.25) is 5.78 Å². The third-order valence-electron chi connectivity index (χ3n) is 5.59. The van der Waals surface area contributed by atoms with Gasteiger partial charge in [-0.2, -0.15) is 4.79 Å². The molecule has 0 spiro atoms. The van der Waals surface area contributed by atoms with Crippen molar-refractivity contribution in [1.82, 2.24) is 0 Å². The van der Waals surface area contributed by atoms with Gasteiger partial charge in [-0.15, -0.1) is 0 Å². The number of rotatable bonds is 3. The first-order chi connectivity index (χ1) is 8.40. The summed E-state index contributed by atoms with van der Waals surface area (Å²) in [6.07, 6.45) is 4.49. The van der Waals surface area contributed by atoms with E-state index in [1.54, 1.807) is 0 Å². The summed E-state index contributed by atoms with van der Waals surface area (Å²) in [6.45, 7) is 8.94. The van der Waals surface area contributed by atoms with Gasteiger partial charge in [-0.1, -0.05) is 27.7 Å². The van der Waals surface area contributed by atoms with Crippen LogP contribution in [-0.4, -0.2) is 16.8 Å². The van der Waals surface area contributed by atoms with Crippen LogP contribution in [0, 0.1) is 35.0 Å². The summed E-state index contributed by atoms with van der Waals surface area (Å²) in [5.74, 6) is 3.19. The molecule has 3 nitrogen and oxygen atoms in total. The van der Waals surface area contributed by atoms with Crippen molar-refractivity contribution in [2.24, 2.45) is 35.0 Å². The van der Waals surface area contributed by atoms with Crippen molar-refractivity contribution in [2.75, 3.05) is 0 Å². The number of carbonyl (C=O) groups excluding carboxylic acids is 1. The maximum absolute atomic E-state index is 12.2. The summed E-state index contributed by atoms with van der Waals surface area (Å²) >= 11 is 0. The molecule has 18 heavy (non-hydrogen) atoms. The summed E-state index contributed by atoms with van der Waals surface area (Å²) in [7, 11) is 0. The zero-order chi connectivity index (χ0) is 13.5. The van der Waals surface area contributed by atoms with Gasteiger partial charge in [0.1, 0.15) is 0 Å². The van der Waals surface area contributed by atoms with Gasteiger partial charge in [0.25, 0.3) is 0 Å². The minimum Gasteiger partial charge on any atom is -0.361 e. The predicted octanol–water partition coefficient (Wildman–Crippen LogP) is 3.20. The zero-order valence-corrected chi connectivity index (χ0v) is 11.9. The smallest absolute Gasteiger partial charge is 0.323 e. The lowest BCUT2D eigenvalue weighted by molar-refractivity contribution is -0.142. The van der Waals surface area contributed by atoms with E-state index in [1.807, 2.05) is 0 Å². The van der Waals surface area contributed by atoms with Crippen LogP contribution in [0.25, 0.3) is 5.53 Å². The van der Waals surface area contributed by atoms with Gasteiger partial charge >= 0.3 is 6.21 Å². The fourth-order valence-electron chi connectivity index (χ4n) is 4.65. The maximum Gasteiger partial charge on any atom is 0.323 e. The van der Waals surface area contributed by atoms with Crippen LogP contribution in [0.5, 0.6) is 0 Å². The highest BCUT2D eigenvalue weighted by molar-refractivity contribution is 6.27. The first-order valence-electron chi connectivity index (χ1n) is 7.12. The molecule has 0 saturated heterocycles. The molecule has 3 saturated carbocycles. The molecule has 5 atom stereocenters. The number of fused-ring (bicyclic) bond motifs is 3. The van der Waals surface area contributed by atoms with Crippen LogP contribution >= 0.6 is 0 Å². The van der Waals surface area contributed by atoms with E-state index < -0.39 is 0 Å². The summed E-state index contributed by atoms with van der Waals surface area (Å²) in [5.41, 5.74) is 8.30. The second kappa shape index (κ2) is 4.62. The van der Waals surface area contributed by atoms with E-state index in [1.165, 1.54) is 6.42 Å². The van der Waals surface area contributed by atoms with Crippen molar-refractivity contribution in [1.29, 1.82) is 0 Å². The van der Waals surface area contributed by atoms with Crippen LogP contribution in [0.15, 0.2) is 0 Å². The van der Waals surface area contributed by atoms with Crippen LogP contribution < -0.4 is 0 Å². The van der Waals surface area contributed by atoms with E-state index in [0.717, 1.165) is 25.0 Å². The summed E-state index contributed by atoms with van der Waals surface area (Å²) in [5, 5.41) is 0. The predicted molar refractivity (Wildman–Crippen MR) is 71.1 cm³/mol. The Morgan fingerprint density at radius 2 is 2.11 bits per heavy atom. The molecule has 3 aliphatic carbocycles. The van der Waals surface area contributed by atoms with Gasteiger partial charge < -0.3 is 5.53 Å². The van der Waals surface area contributed by atoms with Crippen LogP contribution in [0.2, 0.25) is 0 Å². The zero-order valence-electron chi connectivity index (χ0n) is 11.9. The lowest BCUT2D eigenvalue weighted by atomic mass is 9.47. The molecule has 0 heterocycles. The Bertz CT molecular complexity index is 397.